The van der Waals surface area contributed by atoms with Crippen LogP contribution < -0.4 is 14.8 Å². The van der Waals surface area contributed by atoms with Crippen molar-refractivity contribution in [2.24, 2.45) is 0 Å². The van der Waals surface area contributed by atoms with Crippen LogP contribution in [-0.2, 0) is 21.2 Å². The van der Waals surface area contributed by atoms with E-state index in [4.69, 9.17) is 4.74 Å². The molecular weight excluding hydrogens is 340 g/mol. The molecule has 0 aromatic heterocycles. The summed E-state index contributed by atoms with van der Waals surface area (Å²) in [5, 5.41) is 2.70. The van der Waals surface area contributed by atoms with Crippen LogP contribution in [0, 0.1) is 0 Å². The zero-order valence-electron chi connectivity index (χ0n) is 14.1. The maximum absolute atomic E-state index is 12.5. The second-order valence-corrected chi connectivity index (χ2v) is 7.64. The van der Waals surface area contributed by atoms with Gasteiger partial charge in [-0.25, -0.2) is 8.42 Å². The van der Waals surface area contributed by atoms with E-state index in [1.54, 1.807) is 37.3 Å². The Morgan fingerprint density at radius 2 is 1.88 bits per heavy atom. The summed E-state index contributed by atoms with van der Waals surface area (Å²) in [7, 11) is -3.70. The maximum atomic E-state index is 12.5. The van der Waals surface area contributed by atoms with Crippen LogP contribution in [0.25, 0.3) is 0 Å². The molecule has 2 aromatic rings. The van der Waals surface area contributed by atoms with E-state index >= 15 is 0 Å². The van der Waals surface area contributed by atoms with E-state index in [0.29, 0.717) is 17.1 Å². The van der Waals surface area contributed by atoms with Crippen LogP contribution in [0.4, 0.5) is 11.4 Å². The molecule has 0 spiro atoms. The Hall–Kier alpha value is -2.54. The molecular formula is C18H20N2O4S. The van der Waals surface area contributed by atoms with E-state index in [2.05, 4.69) is 17.0 Å². The summed E-state index contributed by atoms with van der Waals surface area (Å²) >= 11 is 0. The second-order valence-electron chi connectivity index (χ2n) is 5.96. The van der Waals surface area contributed by atoms with Crippen molar-refractivity contribution in [3.05, 3.63) is 48.0 Å². The number of hydrogen-bond acceptors (Lipinski definition) is 4. The Labute approximate surface area is 147 Å². The van der Waals surface area contributed by atoms with Gasteiger partial charge in [-0.3, -0.25) is 9.52 Å². The minimum Gasteiger partial charge on any atom is -0.479 e. The lowest BCUT2D eigenvalue weighted by Crippen LogP contribution is -2.34. The number of nitrogens with one attached hydrogen (secondary N) is 2. The van der Waals surface area contributed by atoms with Crippen LogP contribution >= 0.6 is 0 Å². The Balaban J connectivity index is 1.81. The fourth-order valence-electron chi connectivity index (χ4n) is 2.61. The molecule has 0 unspecified atom stereocenters. The highest BCUT2D eigenvalue weighted by molar-refractivity contribution is 7.92. The molecule has 1 atom stereocenters. The molecule has 1 aliphatic rings. The highest BCUT2D eigenvalue weighted by Crippen LogP contribution is 2.32. The van der Waals surface area contributed by atoms with Crippen molar-refractivity contribution in [3.8, 4) is 5.75 Å². The molecule has 0 saturated heterocycles. The quantitative estimate of drug-likeness (QED) is 0.858. The molecule has 2 aromatic carbocycles. The zero-order chi connectivity index (χ0) is 18.0. The molecule has 25 heavy (non-hydrogen) atoms. The first-order chi connectivity index (χ1) is 11.9. The van der Waals surface area contributed by atoms with Crippen LogP contribution in [0.15, 0.2) is 47.4 Å². The largest absolute Gasteiger partial charge is 0.479 e. The number of fused-ring (bicyclic) bond motifs is 1. The Kier molecular flexibility index (Phi) is 4.67. The van der Waals surface area contributed by atoms with E-state index in [9.17, 15) is 13.2 Å². The van der Waals surface area contributed by atoms with Gasteiger partial charge in [-0.1, -0.05) is 25.5 Å². The van der Waals surface area contributed by atoms with Crippen molar-refractivity contribution >= 4 is 27.3 Å². The average Bonchev–Trinajstić information content (AvgIpc) is 2.57. The van der Waals surface area contributed by atoms with Crippen molar-refractivity contribution in [2.45, 2.75) is 37.7 Å². The number of hydrogen-bond donors (Lipinski definition) is 2. The first kappa shape index (κ1) is 17.3. The summed E-state index contributed by atoms with van der Waals surface area (Å²) in [6, 6.07) is 11.6. The van der Waals surface area contributed by atoms with Gasteiger partial charge in [0.15, 0.2) is 6.10 Å². The summed E-state index contributed by atoms with van der Waals surface area (Å²) < 4.78 is 33.0. The molecule has 3 rings (SSSR count). The number of sulfonamides is 1. The van der Waals surface area contributed by atoms with Gasteiger partial charge < -0.3 is 10.1 Å². The Morgan fingerprint density at radius 1 is 1.16 bits per heavy atom. The highest BCUT2D eigenvalue weighted by atomic mass is 32.2. The predicted molar refractivity (Wildman–Crippen MR) is 96.4 cm³/mol. The third-order valence-electron chi connectivity index (χ3n) is 3.93. The molecule has 0 saturated carbocycles. The van der Waals surface area contributed by atoms with E-state index < -0.39 is 16.1 Å². The van der Waals surface area contributed by atoms with Crippen LogP contribution in [0.2, 0.25) is 0 Å². The number of amides is 1. The molecule has 7 heteroatoms. The van der Waals surface area contributed by atoms with Gasteiger partial charge in [-0.05, 0) is 49.2 Å². The summed E-state index contributed by atoms with van der Waals surface area (Å²) in [5.41, 5.74) is 1.90. The summed E-state index contributed by atoms with van der Waals surface area (Å²) in [5.74, 6) is 0.248. The third kappa shape index (κ3) is 3.76. The zero-order valence-corrected chi connectivity index (χ0v) is 14.9. The van der Waals surface area contributed by atoms with Crippen molar-refractivity contribution in [1.29, 1.82) is 0 Å². The maximum Gasteiger partial charge on any atom is 0.265 e. The van der Waals surface area contributed by atoms with E-state index in [-0.39, 0.29) is 10.8 Å². The van der Waals surface area contributed by atoms with E-state index in [1.165, 1.54) is 0 Å². The van der Waals surface area contributed by atoms with Gasteiger partial charge in [-0.15, -0.1) is 0 Å². The molecule has 1 heterocycles. The number of aryl methyl sites for hydroxylation is 1. The Bertz CT molecular complexity index is 892. The first-order valence-corrected chi connectivity index (χ1v) is 9.60. The van der Waals surface area contributed by atoms with Crippen LogP contribution in [0.1, 0.15) is 25.8 Å². The molecule has 1 aliphatic heterocycles. The van der Waals surface area contributed by atoms with Crippen molar-refractivity contribution in [3.63, 3.8) is 0 Å². The second kappa shape index (κ2) is 6.76. The number of rotatable bonds is 5. The van der Waals surface area contributed by atoms with Gasteiger partial charge in [-0.2, -0.15) is 0 Å². The molecule has 6 nitrogen and oxygen atoms in total. The first-order valence-electron chi connectivity index (χ1n) is 8.12. The fraction of sp³-hybridized carbons (Fsp3) is 0.278. The molecule has 1 amide bonds. The van der Waals surface area contributed by atoms with Crippen molar-refractivity contribution < 1.29 is 17.9 Å². The predicted octanol–water partition coefficient (Wildman–Crippen LogP) is 3.16. The smallest absolute Gasteiger partial charge is 0.265 e. The van der Waals surface area contributed by atoms with Crippen LogP contribution in [-0.4, -0.2) is 20.4 Å². The van der Waals surface area contributed by atoms with Gasteiger partial charge in [0.05, 0.1) is 16.3 Å². The molecule has 132 valence electrons. The summed E-state index contributed by atoms with van der Waals surface area (Å²) in [4.78, 5) is 11.9. The van der Waals surface area contributed by atoms with Crippen LogP contribution in [0.5, 0.6) is 5.75 Å². The number of anilines is 2. The van der Waals surface area contributed by atoms with E-state index in [1.807, 2.05) is 12.1 Å². The minimum atomic E-state index is -3.70. The lowest BCUT2D eigenvalue weighted by Gasteiger charge is -2.23. The fourth-order valence-corrected chi connectivity index (χ4v) is 3.66. The third-order valence-corrected chi connectivity index (χ3v) is 5.33. The van der Waals surface area contributed by atoms with Gasteiger partial charge in [0, 0.05) is 0 Å². The van der Waals surface area contributed by atoms with Crippen LogP contribution in [0.3, 0.4) is 0 Å². The molecule has 0 fully saturated rings. The minimum absolute atomic E-state index is 0.194. The lowest BCUT2D eigenvalue weighted by molar-refractivity contribution is -0.122. The average molecular weight is 360 g/mol. The number of benzene rings is 2. The summed E-state index contributed by atoms with van der Waals surface area (Å²) in [6.07, 6.45) is 1.35. The van der Waals surface area contributed by atoms with Gasteiger partial charge >= 0.3 is 0 Å². The van der Waals surface area contributed by atoms with Crippen molar-refractivity contribution in [2.75, 3.05) is 10.0 Å². The molecule has 0 radical (unpaired) electrons. The lowest BCUT2D eigenvalue weighted by atomic mass is 10.1. The number of carbonyl (C=O) groups excluding carboxylic acids is 1. The molecule has 0 aliphatic carbocycles. The van der Waals surface area contributed by atoms with Gasteiger partial charge in [0.25, 0.3) is 15.9 Å². The topological polar surface area (TPSA) is 84.5 Å². The summed E-state index contributed by atoms with van der Waals surface area (Å²) in [6.45, 7) is 3.72. The number of carbonyl (C=O) groups is 1. The standard InChI is InChI=1S/C18H20N2O4S/c1-3-4-13-5-8-15(9-6-13)25(22,23)20-14-7-10-17-16(11-14)19-18(21)12(2)24-17/h5-12,20H,3-4H2,1-2H3,(H,19,21)/t12-/m1/s1. The van der Waals surface area contributed by atoms with E-state index in [0.717, 1.165) is 18.4 Å². The van der Waals surface area contributed by atoms with Crippen molar-refractivity contribution in [1.82, 2.24) is 0 Å². The normalized spacial score (nSPS) is 16.6. The SMILES string of the molecule is CCCc1ccc(S(=O)(=O)Nc2ccc3c(c2)NC(=O)[C@@H](C)O3)cc1. The van der Waals surface area contributed by atoms with Gasteiger partial charge in [0.1, 0.15) is 5.75 Å². The highest BCUT2D eigenvalue weighted by Gasteiger charge is 2.24. The number of ether oxygens (including phenoxy) is 1. The van der Waals surface area contributed by atoms with Gasteiger partial charge in [0.2, 0.25) is 0 Å². The Morgan fingerprint density at radius 3 is 2.56 bits per heavy atom. The monoisotopic (exact) mass is 360 g/mol. The molecule has 2 N–H and O–H groups in total. The molecule has 0 bridgehead atoms.